The predicted octanol–water partition coefficient (Wildman–Crippen LogP) is 5.29. The largest absolute Gasteiger partial charge is 0.437 e. The highest BCUT2D eigenvalue weighted by atomic mass is 16.3. The molecule has 3 heterocycles. The zero-order chi connectivity index (χ0) is 23.6. The van der Waals surface area contributed by atoms with Gasteiger partial charge in [-0.15, -0.1) is 0 Å². The van der Waals surface area contributed by atoms with Gasteiger partial charge >= 0.3 is 0 Å². The van der Waals surface area contributed by atoms with Gasteiger partial charge in [-0.3, -0.25) is 0 Å². The summed E-state index contributed by atoms with van der Waals surface area (Å²) in [5, 5.41) is 1.85. The molecule has 1 aromatic carbocycles. The molecule has 132 valence electrons. The van der Waals surface area contributed by atoms with E-state index in [1.807, 2.05) is 37.3 Å². The van der Waals surface area contributed by atoms with Gasteiger partial charge in [-0.1, -0.05) is 25.9 Å². The molecule has 0 amide bonds. The van der Waals surface area contributed by atoms with Crippen LogP contribution in [-0.4, -0.2) is 4.98 Å². The maximum Gasteiger partial charge on any atom is 0.227 e. The van der Waals surface area contributed by atoms with E-state index in [1.54, 1.807) is 30.9 Å². The molecule has 3 heteroatoms. The van der Waals surface area contributed by atoms with E-state index >= 15 is 0 Å². The van der Waals surface area contributed by atoms with Crippen LogP contribution in [0.4, 0.5) is 0 Å². The van der Waals surface area contributed by atoms with Crippen LogP contribution in [0.3, 0.4) is 0 Å². The first-order valence-electron chi connectivity index (χ1n) is 11.6. The first kappa shape index (κ1) is 11.1. The van der Waals surface area contributed by atoms with Crippen LogP contribution in [0.5, 0.6) is 0 Å². The second-order valence-corrected chi connectivity index (χ2v) is 6.71. The minimum Gasteiger partial charge on any atom is -0.437 e. The fourth-order valence-electron chi connectivity index (χ4n) is 3.42. The lowest BCUT2D eigenvalue weighted by Crippen LogP contribution is -2.32. The van der Waals surface area contributed by atoms with Gasteiger partial charge < -0.3 is 4.42 Å². The zero-order valence-corrected chi connectivity index (χ0v) is 15.3. The second-order valence-electron chi connectivity index (χ2n) is 6.71. The van der Waals surface area contributed by atoms with Crippen molar-refractivity contribution in [1.29, 1.82) is 0 Å². The molecule has 0 fully saturated rings. The topological polar surface area (TPSA) is 29.9 Å². The maximum absolute atomic E-state index is 8.56. The van der Waals surface area contributed by atoms with Crippen LogP contribution in [0.25, 0.3) is 33.3 Å². The summed E-state index contributed by atoms with van der Waals surface area (Å²) in [5.41, 5.74) is 4.62. The van der Waals surface area contributed by atoms with E-state index in [2.05, 4.69) is 4.98 Å². The molecule has 0 aliphatic rings. The Morgan fingerprint density at radius 2 is 2.12 bits per heavy atom. The Kier molecular flexibility index (Phi) is 2.67. The van der Waals surface area contributed by atoms with Crippen LogP contribution < -0.4 is 4.57 Å². The third-order valence-electron chi connectivity index (χ3n) is 4.69. The highest BCUT2D eigenvalue weighted by Crippen LogP contribution is 2.36. The SMILES string of the molecule is [2H]C([2H])([2H])C([2H])(C)C([2H])([2H])c1c[n+](C)c(-c2c(C)ccc3c2oc2ncccc23)cc1C. The van der Waals surface area contributed by atoms with E-state index in [0.717, 1.165) is 34.5 Å². The van der Waals surface area contributed by atoms with E-state index in [4.69, 9.17) is 12.6 Å². The number of hydrogen-bond donors (Lipinski definition) is 0. The minimum absolute atomic E-state index is 0.175. The lowest BCUT2D eigenvalue weighted by molar-refractivity contribution is -0.660. The fraction of sp³-hybridized carbons (Fsp3) is 0.304. The van der Waals surface area contributed by atoms with Crippen molar-refractivity contribution in [3.8, 4) is 11.3 Å². The van der Waals surface area contributed by atoms with Gasteiger partial charge in [-0.2, -0.15) is 0 Å². The van der Waals surface area contributed by atoms with Gasteiger partial charge in [-0.05, 0) is 49.4 Å². The number of pyridine rings is 2. The Balaban J connectivity index is 1.96. The van der Waals surface area contributed by atoms with Gasteiger partial charge in [0.05, 0.1) is 5.56 Å². The average molecular weight is 352 g/mol. The number of furan rings is 1. The molecule has 3 nitrogen and oxygen atoms in total. The number of aryl methyl sites for hydroxylation is 3. The first-order chi connectivity index (χ1) is 14.8. The van der Waals surface area contributed by atoms with Gasteiger partial charge in [0.25, 0.3) is 0 Å². The van der Waals surface area contributed by atoms with Gasteiger partial charge in [-0.25, -0.2) is 9.55 Å². The third kappa shape index (κ3) is 2.68. The molecule has 3 aromatic heterocycles. The van der Waals surface area contributed by atoms with Gasteiger partial charge in [0.2, 0.25) is 11.4 Å². The van der Waals surface area contributed by atoms with Crippen molar-refractivity contribution in [2.75, 3.05) is 0 Å². The van der Waals surface area contributed by atoms with E-state index in [-0.39, 0.29) is 5.56 Å². The van der Waals surface area contributed by atoms with Crippen LogP contribution in [-0.2, 0) is 13.4 Å². The Bertz CT molecular complexity index is 1350. The normalized spacial score (nSPS) is 18.5. The van der Waals surface area contributed by atoms with Crippen molar-refractivity contribution in [2.45, 2.75) is 34.0 Å². The Morgan fingerprint density at radius 1 is 1.27 bits per heavy atom. The van der Waals surface area contributed by atoms with Crippen LogP contribution >= 0.6 is 0 Å². The van der Waals surface area contributed by atoms with Gasteiger partial charge in [0.15, 0.2) is 11.8 Å². The van der Waals surface area contributed by atoms with Crippen molar-refractivity contribution in [1.82, 2.24) is 4.98 Å². The summed E-state index contributed by atoms with van der Waals surface area (Å²) >= 11 is 0. The van der Waals surface area contributed by atoms with Gasteiger partial charge in [0, 0.05) is 36.8 Å². The second kappa shape index (κ2) is 6.24. The van der Waals surface area contributed by atoms with Crippen LogP contribution in [0.1, 0.15) is 38.7 Å². The van der Waals surface area contributed by atoms with E-state index in [0.29, 0.717) is 16.9 Å². The predicted molar refractivity (Wildman–Crippen MR) is 106 cm³/mol. The van der Waals surface area contributed by atoms with Gasteiger partial charge in [0.1, 0.15) is 7.05 Å². The highest BCUT2D eigenvalue weighted by Gasteiger charge is 2.22. The molecule has 1 atom stereocenters. The number of benzene rings is 1. The van der Waals surface area contributed by atoms with Crippen molar-refractivity contribution in [2.24, 2.45) is 12.9 Å². The summed E-state index contributed by atoms with van der Waals surface area (Å²) in [6, 6.07) is 9.66. The number of aromatic nitrogens is 2. The molecule has 0 spiro atoms. The molecule has 0 N–H and O–H groups in total. The molecule has 0 radical (unpaired) electrons. The lowest BCUT2D eigenvalue weighted by Gasteiger charge is -2.11. The van der Waals surface area contributed by atoms with Crippen molar-refractivity contribution in [3.63, 3.8) is 0 Å². The molecule has 26 heavy (non-hydrogen) atoms. The van der Waals surface area contributed by atoms with E-state index in [1.165, 1.54) is 0 Å². The quantitative estimate of drug-likeness (QED) is 0.470. The highest BCUT2D eigenvalue weighted by molar-refractivity contribution is 6.08. The molecule has 4 rings (SSSR count). The molecule has 0 aliphatic heterocycles. The van der Waals surface area contributed by atoms with Crippen molar-refractivity contribution < 1.29 is 17.2 Å². The van der Waals surface area contributed by atoms with Crippen LogP contribution in [0.15, 0.2) is 47.1 Å². The minimum atomic E-state index is -2.79. The summed E-state index contributed by atoms with van der Waals surface area (Å²) in [4.78, 5) is 4.32. The summed E-state index contributed by atoms with van der Waals surface area (Å²) in [6.07, 6.45) is 0.867. The molecular formula is C23H25N2O+. The number of nitrogens with zero attached hydrogens (tertiary/aromatic N) is 2. The summed E-state index contributed by atoms with van der Waals surface area (Å²) < 4.78 is 56.4. The number of hydrogen-bond acceptors (Lipinski definition) is 2. The monoisotopic (exact) mass is 351 g/mol. The Morgan fingerprint density at radius 3 is 2.92 bits per heavy atom. The van der Waals surface area contributed by atoms with E-state index in [9.17, 15) is 0 Å². The van der Waals surface area contributed by atoms with E-state index < -0.39 is 19.1 Å². The smallest absolute Gasteiger partial charge is 0.227 e. The molecule has 0 saturated carbocycles. The molecule has 4 aromatic rings. The lowest BCUT2D eigenvalue weighted by atomic mass is 9.96. The van der Waals surface area contributed by atoms with Crippen molar-refractivity contribution >= 4 is 22.1 Å². The fourth-order valence-corrected chi connectivity index (χ4v) is 3.42. The zero-order valence-electron chi connectivity index (χ0n) is 21.3. The first-order valence-corrected chi connectivity index (χ1v) is 8.55. The molecule has 0 saturated heterocycles. The maximum atomic E-state index is 8.56. The standard InChI is InChI=1S/C23H25N2O/c1-14(2)11-17-13-25(5)20(12-16(17)4)21-15(3)8-9-18-19-7-6-10-24-23(19)26-22(18)21/h6-10,12-14H,11H2,1-5H3/q+1/i1D3,11D2,14D. The number of rotatable bonds is 3. The average Bonchev–Trinajstić information content (AvgIpc) is 3.07. The molecule has 0 bridgehead atoms. The Hall–Kier alpha value is -2.68. The third-order valence-corrected chi connectivity index (χ3v) is 4.69. The number of fused-ring (bicyclic) bond motifs is 3. The molecular weight excluding hydrogens is 320 g/mol. The molecule has 1 unspecified atom stereocenters. The summed E-state index contributed by atoms with van der Waals surface area (Å²) in [5.74, 6) is -2.32. The summed E-state index contributed by atoms with van der Waals surface area (Å²) in [7, 11) is 1.78. The molecule has 0 aliphatic carbocycles. The van der Waals surface area contributed by atoms with Crippen LogP contribution in [0.2, 0.25) is 0 Å². The van der Waals surface area contributed by atoms with Crippen molar-refractivity contribution in [3.05, 3.63) is 59.4 Å². The van der Waals surface area contributed by atoms with Crippen LogP contribution in [0, 0.1) is 19.7 Å². The summed E-state index contributed by atoms with van der Waals surface area (Å²) in [6.45, 7) is 2.05. The Labute approximate surface area is 162 Å².